The Labute approximate surface area is 47.7 Å². The lowest BCUT2D eigenvalue weighted by Crippen LogP contribution is -1.95. The van der Waals surface area contributed by atoms with Gasteiger partial charge >= 0.3 is 7.52 Å². The highest BCUT2D eigenvalue weighted by Crippen LogP contribution is 2.34. The van der Waals surface area contributed by atoms with Crippen LogP contribution in [0.3, 0.4) is 0 Å². The zero-order chi connectivity index (χ0) is 6.62. The van der Waals surface area contributed by atoms with Crippen molar-refractivity contribution in [1.29, 1.82) is 5.26 Å². The third kappa shape index (κ3) is 2.75. The van der Waals surface area contributed by atoms with Gasteiger partial charge in [0.2, 0.25) is 0 Å². The van der Waals surface area contributed by atoms with Crippen molar-refractivity contribution in [2.75, 3.05) is 6.61 Å². The summed E-state index contributed by atoms with van der Waals surface area (Å²) in [5.41, 5.74) is 4.80. The first-order chi connectivity index (χ1) is 3.62. The minimum absolute atomic E-state index is 0.210. The predicted molar refractivity (Wildman–Crippen MR) is 29.0 cm³/mol. The molecule has 2 N–H and O–H groups in total. The van der Waals surface area contributed by atoms with E-state index in [-0.39, 0.29) is 6.61 Å². The molecule has 0 aromatic heterocycles. The Bertz CT molecular complexity index is 150. The molecule has 0 saturated carbocycles. The van der Waals surface area contributed by atoms with Crippen molar-refractivity contribution < 1.29 is 9.09 Å². The number of hydrogen-bond donors (Lipinski definition) is 1. The van der Waals surface area contributed by atoms with Gasteiger partial charge in [0.15, 0.2) is 5.81 Å². The van der Waals surface area contributed by atoms with Crippen LogP contribution in [0.1, 0.15) is 6.92 Å². The molecule has 0 amide bonds. The molecule has 0 aliphatic carbocycles. The molecule has 0 radical (unpaired) electrons. The molecule has 0 aliphatic heterocycles. The van der Waals surface area contributed by atoms with E-state index in [9.17, 15) is 4.57 Å². The van der Waals surface area contributed by atoms with Gasteiger partial charge in [-0.15, -0.1) is 0 Å². The molecule has 0 rings (SSSR count). The second kappa shape index (κ2) is 2.83. The fourth-order valence-electron chi connectivity index (χ4n) is 0.221. The highest BCUT2D eigenvalue weighted by Gasteiger charge is 2.12. The van der Waals surface area contributed by atoms with E-state index >= 15 is 0 Å². The van der Waals surface area contributed by atoms with Crippen LogP contribution in [0.4, 0.5) is 0 Å². The highest BCUT2D eigenvalue weighted by atomic mass is 31.2. The Balaban J connectivity index is 3.79. The maximum absolute atomic E-state index is 10.4. The van der Waals surface area contributed by atoms with E-state index in [0.717, 1.165) is 0 Å². The number of hydrogen-bond acceptors (Lipinski definition) is 3. The minimum Gasteiger partial charge on any atom is -0.308 e. The number of rotatable bonds is 2. The molecule has 1 unspecified atom stereocenters. The van der Waals surface area contributed by atoms with E-state index in [1.807, 2.05) is 0 Å². The van der Waals surface area contributed by atoms with Crippen molar-refractivity contribution in [1.82, 2.24) is 0 Å². The summed E-state index contributed by atoms with van der Waals surface area (Å²) in [6.45, 7) is 1.83. The summed E-state index contributed by atoms with van der Waals surface area (Å²) in [5.74, 6) is 1.35. The van der Waals surface area contributed by atoms with Crippen molar-refractivity contribution in [3.05, 3.63) is 0 Å². The maximum atomic E-state index is 10.4. The zero-order valence-corrected chi connectivity index (χ0v) is 5.39. The van der Waals surface area contributed by atoms with Crippen LogP contribution in [-0.4, -0.2) is 6.61 Å². The van der Waals surface area contributed by atoms with Crippen LogP contribution in [0.5, 0.6) is 0 Å². The van der Waals surface area contributed by atoms with Crippen molar-refractivity contribution in [3.8, 4) is 5.81 Å². The molecular formula is C3H7N2O2P. The van der Waals surface area contributed by atoms with Gasteiger partial charge < -0.3 is 4.52 Å². The van der Waals surface area contributed by atoms with Gasteiger partial charge in [-0.05, 0) is 6.92 Å². The number of nitrogens with two attached hydrogens (primary N) is 1. The molecule has 5 heteroatoms. The largest absolute Gasteiger partial charge is 0.365 e. The van der Waals surface area contributed by atoms with E-state index in [0.29, 0.717) is 0 Å². The summed E-state index contributed by atoms with van der Waals surface area (Å²) in [7, 11) is -3.37. The smallest absolute Gasteiger partial charge is 0.308 e. The molecule has 4 nitrogen and oxygen atoms in total. The normalized spacial score (nSPS) is 16.6. The molecule has 0 bridgehead atoms. The van der Waals surface area contributed by atoms with E-state index < -0.39 is 7.52 Å². The van der Waals surface area contributed by atoms with Crippen molar-refractivity contribution in [3.63, 3.8) is 0 Å². The SMILES string of the molecule is CCOP(N)(=O)C#N. The number of nitriles is 1. The van der Waals surface area contributed by atoms with Crippen LogP contribution in [0, 0.1) is 11.1 Å². The van der Waals surface area contributed by atoms with Gasteiger partial charge in [0.25, 0.3) is 0 Å². The third-order valence-corrected chi connectivity index (χ3v) is 1.38. The Morgan fingerprint density at radius 1 is 2.00 bits per heavy atom. The van der Waals surface area contributed by atoms with E-state index in [1.54, 1.807) is 6.92 Å². The van der Waals surface area contributed by atoms with Gasteiger partial charge in [-0.25, -0.2) is 5.50 Å². The summed E-state index contributed by atoms with van der Waals surface area (Å²) in [5, 5.41) is 7.96. The first-order valence-electron chi connectivity index (χ1n) is 2.07. The Hall–Kier alpha value is -0.360. The summed E-state index contributed by atoms with van der Waals surface area (Å²) in [6.07, 6.45) is 0. The molecule has 0 fully saturated rings. The van der Waals surface area contributed by atoms with Gasteiger partial charge in [-0.2, -0.15) is 5.26 Å². The second-order valence-electron chi connectivity index (χ2n) is 1.11. The first-order valence-corrected chi connectivity index (χ1v) is 3.76. The summed E-state index contributed by atoms with van der Waals surface area (Å²) in [4.78, 5) is 0. The van der Waals surface area contributed by atoms with Crippen LogP contribution in [0.15, 0.2) is 0 Å². The molecule has 8 heavy (non-hydrogen) atoms. The quantitative estimate of drug-likeness (QED) is 0.562. The topological polar surface area (TPSA) is 76.1 Å². The van der Waals surface area contributed by atoms with Crippen LogP contribution in [-0.2, 0) is 9.09 Å². The van der Waals surface area contributed by atoms with Gasteiger partial charge in [0, 0.05) is 0 Å². The molecule has 0 spiro atoms. The second-order valence-corrected chi connectivity index (χ2v) is 2.77. The minimum atomic E-state index is -3.37. The molecule has 0 aromatic rings. The van der Waals surface area contributed by atoms with Crippen LogP contribution < -0.4 is 5.50 Å². The molecular weight excluding hydrogens is 127 g/mol. The zero-order valence-electron chi connectivity index (χ0n) is 4.50. The number of nitrogens with zero attached hydrogens (tertiary/aromatic N) is 1. The van der Waals surface area contributed by atoms with E-state index in [4.69, 9.17) is 10.8 Å². The van der Waals surface area contributed by atoms with Gasteiger partial charge in [0.05, 0.1) is 6.61 Å². The molecule has 0 heterocycles. The van der Waals surface area contributed by atoms with Crippen molar-refractivity contribution in [2.24, 2.45) is 5.50 Å². The molecule has 0 aromatic carbocycles. The third-order valence-electron chi connectivity index (χ3n) is 0.460. The van der Waals surface area contributed by atoms with Crippen LogP contribution in [0.2, 0.25) is 0 Å². The average Bonchev–Trinajstić information content (AvgIpc) is 1.67. The summed E-state index contributed by atoms with van der Waals surface area (Å²) in [6, 6.07) is 0. The summed E-state index contributed by atoms with van der Waals surface area (Å²) < 4.78 is 14.7. The monoisotopic (exact) mass is 134 g/mol. The van der Waals surface area contributed by atoms with Crippen LogP contribution >= 0.6 is 7.52 Å². The Morgan fingerprint density at radius 3 is 2.62 bits per heavy atom. The van der Waals surface area contributed by atoms with Crippen molar-refractivity contribution >= 4 is 7.52 Å². The maximum Gasteiger partial charge on any atom is 0.365 e. The molecule has 0 saturated heterocycles. The van der Waals surface area contributed by atoms with Crippen molar-refractivity contribution in [2.45, 2.75) is 6.92 Å². The Morgan fingerprint density at radius 2 is 2.50 bits per heavy atom. The lowest BCUT2D eigenvalue weighted by Gasteiger charge is -1.98. The molecule has 46 valence electrons. The fraction of sp³-hybridized carbons (Fsp3) is 0.667. The lowest BCUT2D eigenvalue weighted by molar-refractivity contribution is 0.341. The first kappa shape index (κ1) is 7.64. The molecule has 1 atom stereocenters. The van der Waals surface area contributed by atoms with E-state index in [1.165, 1.54) is 5.81 Å². The standard InChI is InChI=1S/C3H7N2O2P/c1-2-7-8(5,6)3-4/h2H2,1H3,(H2,5,6). The Kier molecular flexibility index (Phi) is 2.70. The van der Waals surface area contributed by atoms with Crippen LogP contribution in [0.25, 0.3) is 0 Å². The lowest BCUT2D eigenvalue weighted by atomic mass is 10.9. The fourth-order valence-corrected chi connectivity index (χ4v) is 0.662. The van der Waals surface area contributed by atoms with Gasteiger partial charge in [-0.1, -0.05) is 0 Å². The average molecular weight is 134 g/mol. The van der Waals surface area contributed by atoms with E-state index in [2.05, 4.69) is 4.52 Å². The molecule has 0 aliphatic rings. The predicted octanol–water partition coefficient (Wildman–Crippen LogP) is 0.656. The van der Waals surface area contributed by atoms with Gasteiger partial charge in [-0.3, -0.25) is 4.57 Å². The van der Waals surface area contributed by atoms with Gasteiger partial charge in [0.1, 0.15) is 0 Å². The summed E-state index contributed by atoms with van der Waals surface area (Å²) >= 11 is 0. The highest BCUT2D eigenvalue weighted by molar-refractivity contribution is 7.61.